The van der Waals surface area contributed by atoms with Crippen LogP contribution in [0.2, 0.25) is 0 Å². The molecule has 3 rings (SSSR count). The second-order valence-corrected chi connectivity index (χ2v) is 7.27. The molecule has 0 saturated carbocycles. The highest BCUT2D eigenvalue weighted by atomic mass is 16.5. The smallest absolute Gasteiger partial charge is 0.267 e. The zero-order chi connectivity index (χ0) is 21.5. The van der Waals surface area contributed by atoms with Crippen molar-refractivity contribution in [3.63, 3.8) is 0 Å². The fourth-order valence-corrected chi connectivity index (χ4v) is 3.69. The maximum Gasteiger partial charge on any atom is 0.267 e. The van der Waals surface area contributed by atoms with Crippen LogP contribution in [0.3, 0.4) is 0 Å². The van der Waals surface area contributed by atoms with Gasteiger partial charge in [0.1, 0.15) is 17.4 Å². The number of methoxy groups -OCH3 is 1. The van der Waals surface area contributed by atoms with Crippen LogP contribution < -0.4 is 15.0 Å². The van der Waals surface area contributed by atoms with Gasteiger partial charge in [-0.15, -0.1) is 0 Å². The number of aryl methyl sites for hydroxylation is 2. The highest BCUT2D eigenvalue weighted by Crippen LogP contribution is 2.28. The lowest BCUT2D eigenvalue weighted by molar-refractivity contribution is -0.112. The number of hydrogen-bond donors (Lipinski definition) is 1. The molecule has 6 heteroatoms. The average Bonchev–Trinajstić information content (AvgIpc) is 2.79. The molecule has 156 valence electrons. The molecule has 0 bridgehead atoms. The molecule has 1 N–H and O–H groups in total. The van der Waals surface area contributed by atoms with Crippen LogP contribution in [0.5, 0.6) is 5.75 Å². The van der Waals surface area contributed by atoms with Crippen molar-refractivity contribution in [1.29, 1.82) is 5.26 Å². The third-order valence-corrected chi connectivity index (χ3v) is 5.40. The van der Waals surface area contributed by atoms with Crippen molar-refractivity contribution in [2.75, 3.05) is 43.5 Å². The minimum absolute atomic E-state index is 0.117. The van der Waals surface area contributed by atoms with Gasteiger partial charge in [-0.05, 0) is 36.6 Å². The van der Waals surface area contributed by atoms with Crippen LogP contribution in [0.25, 0.3) is 0 Å². The number of para-hydroxylation sites is 3. The molecule has 30 heavy (non-hydrogen) atoms. The predicted octanol–water partition coefficient (Wildman–Crippen LogP) is 3.73. The number of hydrogen-bond acceptors (Lipinski definition) is 5. The first-order valence-corrected chi connectivity index (χ1v) is 10.2. The summed E-state index contributed by atoms with van der Waals surface area (Å²) in [7, 11) is 1.67. The van der Waals surface area contributed by atoms with Crippen molar-refractivity contribution in [3.8, 4) is 11.8 Å². The molecule has 1 aliphatic rings. The molecule has 0 atom stereocenters. The van der Waals surface area contributed by atoms with E-state index < -0.39 is 0 Å². The number of anilines is 2. The van der Waals surface area contributed by atoms with Crippen molar-refractivity contribution in [3.05, 3.63) is 65.4 Å². The van der Waals surface area contributed by atoms with Gasteiger partial charge in [0.15, 0.2) is 0 Å². The summed E-state index contributed by atoms with van der Waals surface area (Å²) in [6.45, 7) is 7.03. The first-order chi connectivity index (χ1) is 14.6. The maximum atomic E-state index is 12.8. The lowest BCUT2D eigenvalue weighted by Gasteiger charge is -2.36. The van der Waals surface area contributed by atoms with E-state index in [-0.39, 0.29) is 11.5 Å². The summed E-state index contributed by atoms with van der Waals surface area (Å²) < 4.78 is 5.46. The average molecular weight is 405 g/mol. The summed E-state index contributed by atoms with van der Waals surface area (Å²) in [6.07, 6.45) is 2.49. The molecule has 1 aliphatic heterocycles. The molecular formula is C24H28N4O2. The van der Waals surface area contributed by atoms with Crippen LogP contribution in [0.15, 0.2) is 54.2 Å². The zero-order valence-corrected chi connectivity index (χ0v) is 17.8. The van der Waals surface area contributed by atoms with Gasteiger partial charge in [-0.2, -0.15) is 5.26 Å². The fourth-order valence-electron chi connectivity index (χ4n) is 3.69. The molecule has 2 aromatic rings. The summed E-state index contributed by atoms with van der Waals surface area (Å²) in [4.78, 5) is 17.0. The molecular weight excluding hydrogens is 376 g/mol. The minimum Gasteiger partial charge on any atom is -0.495 e. The molecule has 1 amide bonds. The highest BCUT2D eigenvalue weighted by molar-refractivity contribution is 6.07. The van der Waals surface area contributed by atoms with Gasteiger partial charge in [0.25, 0.3) is 5.91 Å². The third-order valence-electron chi connectivity index (χ3n) is 5.40. The van der Waals surface area contributed by atoms with Crippen LogP contribution in [0.4, 0.5) is 11.4 Å². The van der Waals surface area contributed by atoms with Gasteiger partial charge in [0.2, 0.25) is 0 Å². The number of piperazine rings is 1. The van der Waals surface area contributed by atoms with Crippen LogP contribution in [-0.4, -0.2) is 44.1 Å². The van der Waals surface area contributed by atoms with Gasteiger partial charge >= 0.3 is 0 Å². The summed E-state index contributed by atoms with van der Waals surface area (Å²) in [5.41, 5.74) is 4.03. The first-order valence-electron chi connectivity index (χ1n) is 10.2. The Morgan fingerprint density at radius 2 is 1.90 bits per heavy atom. The Hall–Kier alpha value is -3.46. The molecule has 0 spiro atoms. The summed E-state index contributed by atoms with van der Waals surface area (Å²) in [5.74, 6) is 0.484. The standard InChI is InChI=1S/C24H28N4O2/c1-4-19-9-7-8-18(2)23(19)26-24(29)20(16-25)17-27-12-14-28(15-13-27)21-10-5-6-11-22(21)30-3/h5-11,17H,4,12-15H2,1-3H3,(H,26,29)/b20-17-. The number of benzene rings is 2. The Kier molecular flexibility index (Phi) is 6.97. The second kappa shape index (κ2) is 9.84. The quantitative estimate of drug-likeness (QED) is 0.587. The number of nitrogens with zero attached hydrogens (tertiary/aromatic N) is 3. The maximum absolute atomic E-state index is 12.8. The van der Waals surface area contributed by atoms with E-state index in [0.29, 0.717) is 0 Å². The van der Waals surface area contributed by atoms with Crippen LogP contribution in [-0.2, 0) is 11.2 Å². The Labute approximate surface area is 178 Å². The fraction of sp³-hybridized carbons (Fsp3) is 0.333. The van der Waals surface area contributed by atoms with Gasteiger partial charge in [-0.25, -0.2) is 0 Å². The number of rotatable bonds is 6. The van der Waals surface area contributed by atoms with Crippen molar-refractivity contribution >= 4 is 17.3 Å². The van der Waals surface area contributed by atoms with Crippen LogP contribution >= 0.6 is 0 Å². The van der Waals surface area contributed by atoms with Gasteiger partial charge in [-0.1, -0.05) is 37.3 Å². The van der Waals surface area contributed by atoms with E-state index in [1.807, 2.05) is 61.2 Å². The summed E-state index contributed by atoms with van der Waals surface area (Å²) >= 11 is 0. The van der Waals surface area contributed by atoms with Gasteiger partial charge in [0.05, 0.1) is 12.8 Å². The van der Waals surface area contributed by atoms with Crippen LogP contribution in [0, 0.1) is 18.3 Å². The van der Waals surface area contributed by atoms with Gasteiger partial charge in [0, 0.05) is 38.1 Å². The molecule has 0 radical (unpaired) electrons. The lowest BCUT2D eigenvalue weighted by atomic mass is 10.1. The SMILES string of the molecule is CCc1cccc(C)c1NC(=O)/C(C#N)=C\N1CCN(c2ccccc2OC)CC1. The molecule has 0 aromatic heterocycles. The molecule has 1 heterocycles. The summed E-state index contributed by atoms with van der Waals surface area (Å²) in [6, 6.07) is 16.0. The first kappa shape index (κ1) is 21.3. The number of nitrogens with one attached hydrogen (secondary N) is 1. The van der Waals surface area contributed by atoms with E-state index in [1.54, 1.807) is 13.3 Å². The van der Waals surface area contributed by atoms with Crippen molar-refractivity contribution in [1.82, 2.24) is 4.90 Å². The number of carbonyl (C=O) groups is 1. The normalized spacial score (nSPS) is 14.3. The Bertz CT molecular complexity index is 969. The topological polar surface area (TPSA) is 68.6 Å². The molecule has 0 unspecified atom stereocenters. The predicted molar refractivity (Wildman–Crippen MR) is 120 cm³/mol. The van der Waals surface area contributed by atoms with E-state index in [4.69, 9.17) is 4.74 Å². The molecule has 2 aromatic carbocycles. The largest absolute Gasteiger partial charge is 0.495 e. The Balaban J connectivity index is 1.68. The minimum atomic E-state index is -0.367. The number of ether oxygens (including phenoxy) is 1. The molecule has 0 aliphatic carbocycles. The lowest BCUT2D eigenvalue weighted by Crippen LogP contribution is -2.44. The zero-order valence-electron chi connectivity index (χ0n) is 17.8. The van der Waals surface area contributed by atoms with Gasteiger partial charge < -0.3 is 19.9 Å². The number of nitriles is 1. The molecule has 6 nitrogen and oxygen atoms in total. The molecule has 1 saturated heterocycles. The van der Waals surface area contributed by atoms with E-state index >= 15 is 0 Å². The highest BCUT2D eigenvalue weighted by Gasteiger charge is 2.20. The Morgan fingerprint density at radius 1 is 1.17 bits per heavy atom. The van der Waals surface area contributed by atoms with Crippen molar-refractivity contribution in [2.24, 2.45) is 0 Å². The van der Waals surface area contributed by atoms with E-state index in [9.17, 15) is 10.1 Å². The van der Waals surface area contributed by atoms with E-state index in [0.717, 1.165) is 60.9 Å². The van der Waals surface area contributed by atoms with E-state index in [2.05, 4.69) is 16.3 Å². The second-order valence-electron chi connectivity index (χ2n) is 7.27. The third kappa shape index (κ3) is 4.74. The van der Waals surface area contributed by atoms with Gasteiger partial charge in [-0.3, -0.25) is 4.79 Å². The number of carbonyl (C=O) groups excluding carboxylic acids is 1. The number of amides is 1. The molecule has 1 fully saturated rings. The Morgan fingerprint density at radius 3 is 2.57 bits per heavy atom. The van der Waals surface area contributed by atoms with Crippen molar-refractivity contribution < 1.29 is 9.53 Å². The van der Waals surface area contributed by atoms with Crippen LogP contribution in [0.1, 0.15) is 18.1 Å². The summed E-state index contributed by atoms with van der Waals surface area (Å²) in [5, 5.41) is 12.5. The van der Waals surface area contributed by atoms with E-state index in [1.165, 1.54) is 0 Å². The monoisotopic (exact) mass is 404 g/mol. The van der Waals surface area contributed by atoms with Crippen molar-refractivity contribution in [2.45, 2.75) is 20.3 Å².